The van der Waals surface area contributed by atoms with Crippen LogP contribution in [0.1, 0.15) is 17.2 Å². The number of methoxy groups -OCH3 is 2. The van der Waals surface area contributed by atoms with E-state index in [0.29, 0.717) is 17.7 Å². The van der Waals surface area contributed by atoms with Crippen LogP contribution in [0.5, 0.6) is 23.0 Å². The number of aliphatic hydroxyl groups excluding tert-OH is 1. The summed E-state index contributed by atoms with van der Waals surface area (Å²) in [6.07, 6.45) is -0.298. The Morgan fingerprint density at radius 1 is 1.00 bits per heavy atom. The van der Waals surface area contributed by atoms with Crippen LogP contribution in [0, 0.1) is 11.8 Å². The third-order valence-electron chi connectivity index (χ3n) is 4.89. The highest BCUT2D eigenvalue weighted by Gasteiger charge is 2.45. The Kier molecular flexibility index (Phi) is 5.41. The minimum Gasteiger partial charge on any atom is -0.504 e. The fourth-order valence-electron chi connectivity index (χ4n) is 3.43. The molecule has 1 aliphatic heterocycles. The largest absolute Gasteiger partial charge is 0.504 e. The van der Waals surface area contributed by atoms with Crippen molar-refractivity contribution in [3.05, 3.63) is 47.5 Å². The first kappa shape index (κ1) is 18.8. The van der Waals surface area contributed by atoms with Crippen molar-refractivity contribution >= 4 is 5.97 Å². The first-order valence-electron chi connectivity index (χ1n) is 8.52. The molecule has 2 aromatic carbocycles. The Balaban J connectivity index is 1.86. The van der Waals surface area contributed by atoms with Crippen LogP contribution in [0.3, 0.4) is 0 Å². The number of aromatic hydroxyl groups is 2. The molecule has 0 saturated carbocycles. The molecule has 1 saturated heterocycles. The minimum absolute atomic E-state index is 0.0149. The highest BCUT2D eigenvalue weighted by Crippen LogP contribution is 2.43. The molecule has 7 heteroatoms. The quantitative estimate of drug-likeness (QED) is 0.666. The molecular weight excluding hydrogens is 352 g/mol. The van der Waals surface area contributed by atoms with E-state index in [1.54, 1.807) is 24.3 Å². The molecular formula is C20H22O7. The summed E-state index contributed by atoms with van der Waals surface area (Å²) >= 11 is 0. The second-order valence-corrected chi connectivity index (χ2v) is 6.45. The molecule has 3 rings (SSSR count). The van der Waals surface area contributed by atoms with Gasteiger partial charge in [-0.25, -0.2) is 0 Å². The Morgan fingerprint density at radius 3 is 2.26 bits per heavy atom. The van der Waals surface area contributed by atoms with Crippen LogP contribution in [0.25, 0.3) is 0 Å². The first-order valence-corrected chi connectivity index (χ1v) is 8.52. The smallest absolute Gasteiger partial charge is 0.310 e. The van der Waals surface area contributed by atoms with E-state index in [0.717, 1.165) is 5.56 Å². The summed E-state index contributed by atoms with van der Waals surface area (Å²) in [5.41, 5.74) is 1.43. The van der Waals surface area contributed by atoms with E-state index in [1.165, 1.54) is 26.4 Å². The lowest BCUT2D eigenvalue weighted by Crippen LogP contribution is -2.23. The van der Waals surface area contributed by atoms with Crippen molar-refractivity contribution in [2.24, 2.45) is 11.8 Å². The van der Waals surface area contributed by atoms with E-state index in [-0.39, 0.29) is 23.9 Å². The van der Waals surface area contributed by atoms with Gasteiger partial charge in [0.15, 0.2) is 23.0 Å². The second-order valence-electron chi connectivity index (χ2n) is 6.45. The molecule has 0 amide bonds. The number of rotatable bonds is 6. The van der Waals surface area contributed by atoms with Gasteiger partial charge < -0.3 is 29.5 Å². The lowest BCUT2D eigenvalue weighted by molar-refractivity contribution is -0.144. The average Bonchev–Trinajstić information content (AvgIpc) is 2.99. The van der Waals surface area contributed by atoms with E-state index in [4.69, 9.17) is 14.2 Å². The Bertz CT molecular complexity index is 833. The van der Waals surface area contributed by atoms with Crippen LogP contribution in [0.4, 0.5) is 0 Å². The van der Waals surface area contributed by atoms with Crippen LogP contribution >= 0.6 is 0 Å². The summed E-state index contributed by atoms with van der Waals surface area (Å²) in [6.45, 7) is -0.237. The van der Waals surface area contributed by atoms with Gasteiger partial charge in [0, 0.05) is 5.92 Å². The highest BCUT2D eigenvalue weighted by atomic mass is 16.6. The molecule has 144 valence electrons. The first-order chi connectivity index (χ1) is 13.0. The third kappa shape index (κ3) is 3.64. The van der Waals surface area contributed by atoms with Crippen molar-refractivity contribution in [1.29, 1.82) is 0 Å². The summed E-state index contributed by atoms with van der Waals surface area (Å²) in [4.78, 5) is 12.5. The van der Waals surface area contributed by atoms with E-state index < -0.39 is 23.9 Å². The molecule has 0 bridgehead atoms. The molecule has 7 nitrogen and oxygen atoms in total. The van der Waals surface area contributed by atoms with Crippen molar-refractivity contribution in [1.82, 2.24) is 0 Å². The fraction of sp³-hybridized carbons (Fsp3) is 0.350. The molecule has 0 aliphatic carbocycles. The Morgan fingerprint density at radius 2 is 1.63 bits per heavy atom. The van der Waals surface area contributed by atoms with Crippen molar-refractivity contribution < 1.29 is 34.3 Å². The zero-order chi connectivity index (χ0) is 19.6. The SMILES string of the molecule is COc1cc(C[C@H]2C(=O)O[C@@H](c3ccc(O)c(OC)c3)[C@H]2CO)ccc1O. The number of benzene rings is 2. The normalized spacial score (nSPS) is 21.7. The van der Waals surface area contributed by atoms with E-state index >= 15 is 0 Å². The summed E-state index contributed by atoms with van der Waals surface area (Å²) in [5, 5.41) is 29.4. The van der Waals surface area contributed by atoms with Crippen LogP contribution in [0.2, 0.25) is 0 Å². The summed E-state index contributed by atoms with van der Waals surface area (Å²) in [6, 6.07) is 9.58. The molecule has 0 aromatic heterocycles. The maximum absolute atomic E-state index is 12.5. The van der Waals surface area contributed by atoms with Crippen LogP contribution in [-0.2, 0) is 16.0 Å². The molecule has 0 spiro atoms. The van der Waals surface area contributed by atoms with Gasteiger partial charge in [0.1, 0.15) is 6.10 Å². The van der Waals surface area contributed by atoms with Crippen LogP contribution in [-0.4, -0.2) is 42.1 Å². The van der Waals surface area contributed by atoms with Crippen LogP contribution in [0.15, 0.2) is 36.4 Å². The van der Waals surface area contributed by atoms with E-state index in [1.807, 2.05) is 0 Å². The molecule has 27 heavy (non-hydrogen) atoms. The Labute approximate surface area is 156 Å². The van der Waals surface area contributed by atoms with Crippen molar-refractivity contribution in [3.8, 4) is 23.0 Å². The van der Waals surface area contributed by atoms with Gasteiger partial charge in [-0.15, -0.1) is 0 Å². The maximum Gasteiger partial charge on any atom is 0.310 e. The molecule has 3 N–H and O–H groups in total. The number of phenolic OH excluding ortho intramolecular Hbond substituents is 2. The third-order valence-corrected chi connectivity index (χ3v) is 4.89. The molecule has 2 aromatic rings. The number of cyclic esters (lactones) is 1. The topological polar surface area (TPSA) is 105 Å². The number of esters is 1. The predicted octanol–water partition coefficient (Wildman–Crippen LogP) is 2.18. The van der Waals surface area contributed by atoms with Gasteiger partial charge in [-0.3, -0.25) is 4.79 Å². The number of carbonyl (C=O) groups excluding carboxylic acids is 1. The molecule has 0 radical (unpaired) electrons. The summed E-state index contributed by atoms with van der Waals surface area (Å²) in [7, 11) is 2.89. The molecule has 1 fully saturated rings. The Hall–Kier alpha value is -2.93. The van der Waals surface area contributed by atoms with Gasteiger partial charge in [0.2, 0.25) is 0 Å². The van der Waals surface area contributed by atoms with Crippen molar-refractivity contribution in [2.75, 3.05) is 20.8 Å². The molecule has 1 heterocycles. The van der Waals surface area contributed by atoms with E-state index in [2.05, 4.69) is 0 Å². The van der Waals surface area contributed by atoms with E-state index in [9.17, 15) is 20.1 Å². The molecule has 1 aliphatic rings. The number of hydrogen-bond acceptors (Lipinski definition) is 7. The number of ether oxygens (including phenoxy) is 3. The van der Waals surface area contributed by atoms with Gasteiger partial charge in [-0.1, -0.05) is 12.1 Å². The zero-order valence-corrected chi connectivity index (χ0v) is 15.1. The number of aliphatic hydroxyl groups is 1. The van der Waals surface area contributed by atoms with Crippen molar-refractivity contribution in [3.63, 3.8) is 0 Å². The monoisotopic (exact) mass is 374 g/mol. The number of hydrogen-bond donors (Lipinski definition) is 3. The van der Waals surface area contributed by atoms with Crippen LogP contribution < -0.4 is 9.47 Å². The fourth-order valence-corrected chi connectivity index (χ4v) is 3.43. The van der Waals surface area contributed by atoms with Gasteiger partial charge in [-0.2, -0.15) is 0 Å². The lowest BCUT2D eigenvalue weighted by Gasteiger charge is -2.20. The van der Waals surface area contributed by atoms with Gasteiger partial charge in [0.25, 0.3) is 0 Å². The average molecular weight is 374 g/mol. The number of phenols is 2. The second kappa shape index (κ2) is 7.75. The minimum atomic E-state index is -0.638. The predicted molar refractivity (Wildman–Crippen MR) is 95.9 cm³/mol. The van der Waals surface area contributed by atoms with Gasteiger partial charge in [-0.05, 0) is 41.8 Å². The standard InChI is InChI=1S/C20H22O7/c1-25-17-8-11(3-5-15(17)22)7-13-14(10-21)19(27-20(13)24)12-4-6-16(23)18(9-12)26-2/h3-6,8-9,13-14,19,21-23H,7,10H2,1-2H3/t13-,14+,19+/m1/s1. The number of carbonyl (C=O) groups is 1. The zero-order valence-electron chi connectivity index (χ0n) is 15.1. The lowest BCUT2D eigenvalue weighted by atomic mass is 9.84. The van der Waals surface area contributed by atoms with Crippen molar-refractivity contribution in [2.45, 2.75) is 12.5 Å². The maximum atomic E-state index is 12.5. The summed E-state index contributed by atoms with van der Waals surface area (Å²) in [5.74, 6) is -0.813. The van der Waals surface area contributed by atoms with Gasteiger partial charge >= 0.3 is 5.97 Å². The molecule has 3 atom stereocenters. The van der Waals surface area contributed by atoms with Gasteiger partial charge in [0.05, 0.1) is 26.7 Å². The molecule has 0 unspecified atom stereocenters. The summed E-state index contributed by atoms with van der Waals surface area (Å²) < 4.78 is 15.8. The highest BCUT2D eigenvalue weighted by molar-refractivity contribution is 5.76.